The minimum Gasteiger partial charge on any atom is -0.497 e. The quantitative estimate of drug-likeness (QED) is 0.642. The highest BCUT2D eigenvalue weighted by atomic mass is 32.2. The number of carbonyl (C=O) groups excluding carboxylic acids is 1. The van der Waals surface area contributed by atoms with Gasteiger partial charge in [-0.15, -0.1) is 0 Å². The maximum atomic E-state index is 12.6. The van der Waals surface area contributed by atoms with Crippen LogP contribution >= 0.6 is 11.8 Å². The summed E-state index contributed by atoms with van der Waals surface area (Å²) in [5.74, 6) is 1.04. The minimum atomic E-state index is -0.656. The van der Waals surface area contributed by atoms with Gasteiger partial charge >= 0.3 is 0 Å². The number of nitrogens with one attached hydrogen (secondary N) is 3. The van der Waals surface area contributed by atoms with Gasteiger partial charge < -0.3 is 10.1 Å². The molecule has 2 aromatic carbocycles. The Balaban J connectivity index is 1.57. The average molecular weight is 451 g/mol. The van der Waals surface area contributed by atoms with Gasteiger partial charge in [0.05, 0.1) is 18.6 Å². The molecule has 0 radical (unpaired) electrons. The molecule has 2 aliphatic rings. The Morgan fingerprint density at radius 3 is 2.81 bits per heavy atom. The number of hydrogen-bond acceptors (Lipinski definition) is 7. The van der Waals surface area contributed by atoms with Gasteiger partial charge in [0, 0.05) is 17.4 Å². The number of ether oxygens (including phenoxy) is 1. The van der Waals surface area contributed by atoms with E-state index in [4.69, 9.17) is 15.1 Å². The molecule has 4 rings (SSSR count). The van der Waals surface area contributed by atoms with E-state index in [9.17, 15) is 4.79 Å². The van der Waals surface area contributed by atoms with E-state index in [0.717, 1.165) is 17.0 Å². The van der Waals surface area contributed by atoms with Crippen molar-refractivity contribution in [1.82, 2.24) is 5.43 Å². The zero-order valence-electron chi connectivity index (χ0n) is 18.5. The molecule has 8 nitrogen and oxygen atoms in total. The van der Waals surface area contributed by atoms with Crippen molar-refractivity contribution in [2.75, 3.05) is 23.1 Å². The summed E-state index contributed by atoms with van der Waals surface area (Å²) in [6.45, 7) is 5.89. The van der Waals surface area contributed by atoms with Crippen LogP contribution in [0.25, 0.3) is 0 Å². The van der Waals surface area contributed by atoms with Crippen molar-refractivity contribution in [3.63, 3.8) is 0 Å². The van der Waals surface area contributed by atoms with Crippen LogP contribution in [0.2, 0.25) is 0 Å². The molecule has 0 saturated heterocycles. The first-order valence-corrected chi connectivity index (χ1v) is 11.2. The van der Waals surface area contributed by atoms with Crippen molar-refractivity contribution in [2.45, 2.75) is 26.9 Å². The summed E-state index contributed by atoms with van der Waals surface area (Å²) >= 11 is 1.30. The fourth-order valence-electron chi connectivity index (χ4n) is 3.69. The molecule has 3 N–H and O–H groups in total. The Kier molecular flexibility index (Phi) is 5.92. The molecule has 0 spiro atoms. The summed E-state index contributed by atoms with van der Waals surface area (Å²) < 4.78 is 5.21. The molecule has 2 atom stereocenters. The third-order valence-corrected chi connectivity index (χ3v) is 6.70. The van der Waals surface area contributed by atoms with Crippen LogP contribution in [0.15, 0.2) is 58.6 Å². The van der Waals surface area contributed by atoms with Gasteiger partial charge in [-0.05, 0) is 50.6 Å². The monoisotopic (exact) mass is 450 g/mol. The number of aryl methyl sites for hydroxylation is 1. The van der Waals surface area contributed by atoms with Crippen molar-refractivity contribution >= 4 is 45.8 Å². The summed E-state index contributed by atoms with van der Waals surface area (Å²) in [5.41, 5.74) is 5.78. The topological polar surface area (TPSA) is 102 Å². The lowest BCUT2D eigenvalue weighted by Crippen LogP contribution is -2.57. The van der Waals surface area contributed by atoms with Crippen LogP contribution in [-0.4, -0.2) is 41.7 Å². The normalized spacial score (nSPS) is 21.9. The van der Waals surface area contributed by atoms with Crippen LogP contribution in [0.3, 0.4) is 0 Å². The Morgan fingerprint density at radius 2 is 2.06 bits per heavy atom. The number of aliphatic imine (C=N–C) groups is 1. The molecule has 32 heavy (non-hydrogen) atoms. The van der Waals surface area contributed by atoms with E-state index in [0.29, 0.717) is 22.4 Å². The zero-order chi connectivity index (χ0) is 22.9. The van der Waals surface area contributed by atoms with E-state index in [1.807, 2.05) is 68.1 Å². The van der Waals surface area contributed by atoms with Crippen LogP contribution in [0.1, 0.15) is 19.4 Å². The summed E-state index contributed by atoms with van der Waals surface area (Å²) in [4.78, 5) is 19.3. The molecule has 2 unspecified atom stereocenters. The van der Waals surface area contributed by atoms with Crippen molar-refractivity contribution in [1.29, 1.82) is 5.41 Å². The van der Waals surface area contributed by atoms with Gasteiger partial charge in [-0.2, -0.15) is 5.10 Å². The van der Waals surface area contributed by atoms with E-state index in [-0.39, 0.29) is 17.8 Å². The van der Waals surface area contributed by atoms with Crippen molar-refractivity contribution < 1.29 is 9.53 Å². The number of hydrazone groups is 1. The van der Waals surface area contributed by atoms with E-state index in [1.54, 1.807) is 13.2 Å². The lowest BCUT2D eigenvalue weighted by atomic mass is 9.80. The Labute approximate surface area is 191 Å². The van der Waals surface area contributed by atoms with Crippen LogP contribution in [0, 0.1) is 17.7 Å². The number of rotatable bonds is 5. The number of nitrogens with zero attached hydrogens (tertiary/aromatic N) is 3. The van der Waals surface area contributed by atoms with Gasteiger partial charge in [0.25, 0.3) is 0 Å². The highest BCUT2D eigenvalue weighted by Crippen LogP contribution is 2.39. The van der Waals surface area contributed by atoms with Crippen LogP contribution < -0.4 is 20.4 Å². The molecule has 0 bridgehead atoms. The van der Waals surface area contributed by atoms with Crippen LogP contribution in [0.4, 0.5) is 11.4 Å². The lowest BCUT2D eigenvalue weighted by Gasteiger charge is -2.41. The molecule has 0 aliphatic carbocycles. The van der Waals surface area contributed by atoms with Crippen molar-refractivity contribution in [2.24, 2.45) is 15.5 Å². The second kappa shape index (κ2) is 8.66. The number of fused-ring (bicyclic) bond motifs is 1. The van der Waals surface area contributed by atoms with Crippen molar-refractivity contribution in [3.05, 3.63) is 54.1 Å². The number of hydrogen-bond donors (Lipinski definition) is 3. The van der Waals surface area contributed by atoms with Gasteiger partial charge in [-0.25, -0.2) is 4.99 Å². The molecule has 0 saturated carbocycles. The smallest absolute Gasteiger partial charge is 0.234 e. The first-order valence-electron chi connectivity index (χ1n) is 10.2. The van der Waals surface area contributed by atoms with Gasteiger partial charge in [-0.1, -0.05) is 30.0 Å². The second-order valence-corrected chi connectivity index (χ2v) is 8.88. The largest absolute Gasteiger partial charge is 0.497 e. The van der Waals surface area contributed by atoms with E-state index in [1.165, 1.54) is 11.8 Å². The van der Waals surface area contributed by atoms with Gasteiger partial charge in [0.1, 0.15) is 17.0 Å². The van der Waals surface area contributed by atoms with Gasteiger partial charge in [-0.3, -0.25) is 20.5 Å². The van der Waals surface area contributed by atoms with Crippen molar-refractivity contribution in [3.8, 4) is 5.75 Å². The fraction of sp³-hybridized carbons (Fsp3) is 0.304. The zero-order valence-corrected chi connectivity index (χ0v) is 19.3. The number of anilines is 2. The molecule has 2 heterocycles. The predicted molar refractivity (Wildman–Crippen MR) is 131 cm³/mol. The molecule has 9 heteroatoms. The SMILES string of the molecule is COc1cccc(NC(=O)CSC2=NC3NN=C(C)C3(C)C(=N)N2c2cccc(C)c2)c1. The Bertz CT molecular complexity index is 1130. The molecule has 0 fully saturated rings. The van der Waals surface area contributed by atoms with E-state index in [2.05, 4.69) is 15.8 Å². The minimum absolute atomic E-state index is 0.148. The summed E-state index contributed by atoms with van der Waals surface area (Å²) in [6.07, 6.45) is -0.375. The number of benzene rings is 2. The highest BCUT2D eigenvalue weighted by molar-refractivity contribution is 8.14. The summed E-state index contributed by atoms with van der Waals surface area (Å²) in [5, 5.41) is 16.9. The van der Waals surface area contributed by atoms with Crippen LogP contribution in [-0.2, 0) is 4.79 Å². The fourth-order valence-corrected chi connectivity index (χ4v) is 4.53. The number of amides is 1. The predicted octanol–water partition coefficient (Wildman–Crippen LogP) is 3.84. The third kappa shape index (κ3) is 3.95. The number of thioether (sulfide) groups is 1. The van der Waals surface area contributed by atoms with Gasteiger partial charge in [0.2, 0.25) is 5.91 Å². The average Bonchev–Trinajstić information content (AvgIpc) is 3.07. The second-order valence-electron chi connectivity index (χ2n) is 7.93. The van der Waals surface area contributed by atoms with Gasteiger partial charge in [0.15, 0.2) is 11.3 Å². The Hall–Kier alpha value is -3.33. The maximum Gasteiger partial charge on any atom is 0.234 e. The molecular weight excluding hydrogens is 424 g/mol. The first-order chi connectivity index (χ1) is 15.3. The summed E-state index contributed by atoms with van der Waals surface area (Å²) in [6, 6.07) is 15.2. The molecule has 166 valence electrons. The van der Waals surface area contributed by atoms with Crippen LogP contribution in [0.5, 0.6) is 5.75 Å². The molecule has 0 aromatic heterocycles. The number of carbonyl (C=O) groups is 1. The molecule has 2 aromatic rings. The third-order valence-electron chi connectivity index (χ3n) is 5.75. The molecule has 1 amide bonds. The standard InChI is InChI=1S/C23H26N6O2S/c1-14-7-5-9-17(11-14)29-20(24)23(3)15(2)27-28-21(23)26-22(29)32-13-19(30)25-16-8-6-10-18(12-16)31-4/h5-12,21,24,28H,13H2,1-4H3,(H,25,30). The number of methoxy groups -OCH3 is 1. The Morgan fingerprint density at radius 1 is 1.28 bits per heavy atom. The highest BCUT2D eigenvalue weighted by Gasteiger charge is 2.51. The number of amidine groups is 2. The summed E-state index contributed by atoms with van der Waals surface area (Å²) in [7, 11) is 1.59. The molecule has 2 aliphatic heterocycles. The lowest BCUT2D eigenvalue weighted by molar-refractivity contribution is -0.113. The molecular formula is C23H26N6O2S. The first kappa shape index (κ1) is 21.9. The van der Waals surface area contributed by atoms with E-state index < -0.39 is 5.41 Å². The maximum absolute atomic E-state index is 12.6. The van der Waals surface area contributed by atoms with E-state index >= 15 is 0 Å².